The van der Waals surface area contributed by atoms with Gasteiger partial charge in [-0.05, 0) is 36.4 Å². The molecule has 2 aromatic heterocycles. The van der Waals surface area contributed by atoms with Gasteiger partial charge in [-0.1, -0.05) is 17.4 Å². The average Bonchev–Trinajstić information content (AvgIpc) is 2.96. The van der Waals surface area contributed by atoms with Crippen LogP contribution in [0.25, 0.3) is 0 Å². The minimum absolute atomic E-state index is 0.196. The van der Waals surface area contributed by atoms with Gasteiger partial charge >= 0.3 is 0 Å². The molecule has 7 heteroatoms. The van der Waals surface area contributed by atoms with Crippen LogP contribution in [0.2, 0.25) is 0 Å². The fraction of sp³-hybridized carbons (Fsp3) is 0.0625. The summed E-state index contributed by atoms with van der Waals surface area (Å²) in [4.78, 5) is 21.0. The van der Waals surface area contributed by atoms with Crippen molar-refractivity contribution in [2.45, 2.75) is 0 Å². The smallest absolute Gasteiger partial charge is 0.225 e. The third kappa shape index (κ3) is 3.29. The highest BCUT2D eigenvalue weighted by atomic mass is 32.1. The molecule has 0 bridgehead atoms. The molecule has 0 unspecified atom stereocenters. The van der Waals surface area contributed by atoms with E-state index in [4.69, 9.17) is 10.5 Å². The molecule has 2 heterocycles. The molecule has 116 valence electrons. The summed E-state index contributed by atoms with van der Waals surface area (Å²) in [5, 5.41) is 3.67. The monoisotopic (exact) mass is 326 g/mol. The van der Waals surface area contributed by atoms with E-state index in [1.165, 1.54) is 11.3 Å². The second-order valence-electron chi connectivity index (χ2n) is 4.63. The first-order chi connectivity index (χ1) is 11.2. The molecule has 3 N–H and O–H groups in total. The maximum absolute atomic E-state index is 12.4. The molecule has 0 aliphatic rings. The lowest BCUT2D eigenvalue weighted by Crippen LogP contribution is -2.04. The van der Waals surface area contributed by atoms with Crippen LogP contribution in [-0.4, -0.2) is 22.9 Å². The summed E-state index contributed by atoms with van der Waals surface area (Å²) in [6.07, 6.45) is 1.57. The van der Waals surface area contributed by atoms with Crippen LogP contribution in [0, 0.1) is 0 Å². The summed E-state index contributed by atoms with van der Waals surface area (Å²) in [6.45, 7) is 0. The number of ketones is 1. The zero-order valence-electron chi connectivity index (χ0n) is 12.3. The van der Waals surface area contributed by atoms with Gasteiger partial charge in [0.2, 0.25) is 5.78 Å². The van der Waals surface area contributed by atoms with Crippen LogP contribution in [-0.2, 0) is 0 Å². The number of nitrogens with two attached hydrogens (primary N) is 1. The minimum Gasteiger partial charge on any atom is -0.497 e. The molecular formula is C16H14N4O2S. The van der Waals surface area contributed by atoms with Crippen molar-refractivity contribution in [1.29, 1.82) is 0 Å². The summed E-state index contributed by atoms with van der Waals surface area (Å²) in [7, 11) is 1.61. The number of nitrogens with one attached hydrogen (secondary N) is 1. The number of aromatic nitrogens is 2. The van der Waals surface area contributed by atoms with E-state index in [0.717, 1.165) is 11.4 Å². The van der Waals surface area contributed by atoms with Gasteiger partial charge < -0.3 is 15.8 Å². The predicted molar refractivity (Wildman–Crippen MR) is 90.5 cm³/mol. The van der Waals surface area contributed by atoms with Crippen molar-refractivity contribution in [3.05, 3.63) is 59.2 Å². The van der Waals surface area contributed by atoms with E-state index in [9.17, 15) is 4.79 Å². The van der Waals surface area contributed by atoms with Crippen LogP contribution in [0.4, 0.5) is 16.6 Å². The Labute approximate surface area is 137 Å². The number of hydrogen-bond donors (Lipinski definition) is 2. The number of methoxy groups -OCH3 is 1. The number of thiazole rings is 1. The number of carbonyl (C=O) groups excluding carboxylic acids is 1. The third-order valence-electron chi connectivity index (χ3n) is 3.10. The number of ether oxygens (including phenoxy) is 1. The quantitative estimate of drug-likeness (QED) is 0.700. The van der Waals surface area contributed by atoms with Crippen LogP contribution >= 0.6 is 11.3 Å². The normalized spacial score (nSPS) is 10.3. The third-order valence-corrected chi connectivity index (χ3v) is 4.08. The van der Waals surface area contributed by atoms with Gasteiger partial charge in [-0.15, -0.1) is 0 Å². The molecule has 0 aliphatic carbocycles. The number of hydrogen-bond acceptors (Lipinski definition) is 7. The summed E-state index contributed by atoms with van der Waals surface area (Å²) < 4.78 is 5.11. The molecule has 3 aromatic rings. The Morgan fingerprint density at radius 2 is 2.00 bits per heavy atom. The highest BCUT2D eigenvalue weighted by molar-refractivity contribution is 7.18. The molecule has 23 heavy (non-hydrogen) atoms. The lowest BCUT2D eigenvalue weighted by Gasteiger charge is -2.03. The maximum Gasteiger partial charge on any atom is 0.225 e. The number of benzene rings is 1. The van der Waals surface area contributed by atoms with Gasteiger partial charge in [0.1, 0.15) is 22.1 Å². The maximum atomic E-state index is 12.4. The molecule has 0 atom stereocenters. The molecule has 0 saturated carbocycles. The van der Waals surface area contributed by atoms with E-state index < -0.39 is 0 Å². The first kappa shape index (κ1) is 15.0. The molecule has 0 amide bonds. The first-order valence-electron chi connectivity index (χ1n) is 6.80. The number of pyridine rings is 1. The molecule has 0 spiro atoms. The van der Waals surface area contributed by atoms with Crippen molar-refractivity contribution in [2.75, 3.05) is 18.2 Å². The van der Waals surface area contributed by atoms with Gasteiger partial charge in [-0.2, -0.15) is 0 Å². The van der Waals surface area contributed by atoms with Gasteiger partial charge in [-0.25, -0.2) is 4.98 Å². The second kappa shape index (κ2) is 6.45. The van der Waals surface area contributed by atoms with E-state index in [2.05, 4.69) is 15.3 Å². The summed E-state index contributed by atoms with van der Waals surface area (Å²) >= 11 is 1.20. The number of nitrogen functional groups attached to an aromatic ring is 1. The Bertz CT molecular complexity index is 816. The Morgan fingerprint density at radius 3 is 2.65 bits per heavy atom. The van der Waals surface area contributed by atoms with Gasteiger partial charge in [0.25, 0.3) is 0 Å². The first-order valence-corrected chi connectivity index (χ1v) is 7.62. The van der Waals surface area contributed by atoms with Crippen molar-refractivity contribution in [1.82, 2.24) is 9.97 Å². The van der Waals surface area contributed by atoms with Crippen molar-refractivity contribution in [2.24, 2.45) is 0 Å². The molecule has 0 saturated heterocycles. The molecule has 6 nitrogen and oxygen atoms in total. The Kier molecular flexibility index (Phi) is 4.20. The molecule has 1 aromatic carbocycles. The Hall–Kier alpha value is -2.93. The zero-order valence-corrected chi connectivity index (χ0v) is 13.1. The fourth-order valence-corrected chi connectivity index (χ4v) is 2.81. The van der Waals surface area contributed by atoms with Gasteiger partial charge in [0.15, 0.2) is 5.13 Å². The topological polar surface area (TPSA) is 90.1 Å². The lowest BCUT2D eigenvalue weighted by molar-refractivity contribution is 0.103. The predicted octanol–water partition coefficient (Wildman–Crippen LogP) is 3.10. The van der Waals surface area contributed by atoms with Crippen molar-refractivity contribution in [3.63, 3.8) is 0 Å². The number of carbonyl (C=O) groups is 1. The molecule has 0 radical (unpaired) electrons. The summed E-state index contributed by atoms with van der Waals surface area (Å²) in [6, 6.07) is 12.5. The van der Waals surface area contributed by atoms with Crippen molar-refractivity contribution >= 4 is 33.8 Å². The fourth-order valence-electron chi connectivity index (χ4n) is 1.96. The van der Waals surface area contributed by atoms with E-state index in [1.807, 2.05) is 24.3 Å². The standard InChI is InChI=1S/C16H14N4O2S/c1-22-11-7-5-10(6-8-11)19-16-20-15(17)14(23-16)13(21)12-4-2-3-9-18-12/h2-9H,17H2,1H3,(H,19,20). The van der Waals surface area contributed by atoms with Crippen LogP contribution in [0.3, 0.4) is 0 Å². The molecular weight excluding hydrogens is 312 g/mol. The van der Waals surface area contributed by atoms with Crippen LogP contribution in [0.5, 0.6) is 5.75 Å². The number of nitrogens with zero attached hydrogens (tertiary/aromatic N) is 2. The lowest BCUT2D eigenvalue weighted by atomic mass is 10.2. The molecule has 0 fully saturated rings. The summed E-state index contributed by atoms with van der Waals surface area (Å²) in [5.74, 6) is 0.727. The van der Waals surface area contributed by atoms with Gasteiger partial charge in [0.05, 0.1) is 7.11 Å². The van der Waals surface area contributed by atoms with Gasteiger partial charge in [0, 0.05) is 11.9 Å². The minimum atomic E-state index is -0.233. The van der Waals surface area contributed by atoms with Gasteiger partial charge in [-0.3, -0.25) is 9.78 Å². The van der Waals surface area contributed by atoms with E-state index in [0.29, 0.717) is 15.7 Å². The molecule has 0 aliphatic heterocycles. The Balaban J connectivity index is 1.81. The van der Waals surface area contributed by atoms with Crippen LogP contribution < -0.4 is 15.8 Å². The molecule has 3 rings (SSSR count). The second-order valence-corrected chi connectivity index (χ2v) is 5.63. The van der Waals surface area contributed by atoms with Crippen LogP contribution in [0.1, 0.15) is 15.4 Å². The van der Waals surface area contributed by atoms with Crippen molar-refractivity contribution in [3.8, 4) is 5.75 Å². The van der Waals surface area contributed by atoms with E-state index >= 15 is 0 Å². The Morgan fingerprint density at radius 1 is 1.22 bits per heavy atom. The SMILES string of the molecule is COc1ccc(Nc2nc(N)c(C(=O)c3ccccn3)s2)cc1. The number of rotatable bonds is 5. The largest absolute Gasteiger partial charge is 0.497 e. The highest BCUT2D eigenvalue weighted by Crippen LogP contribution is 2.29. The summed E-state index contributed by atoms with van der Waals surface area (Å²) in [5.41, 5.74) is 7.05. The highest BCUT2D eigenvalue weighted by Gasteiger charge is 2.18. The average molecular weight is 326 g/mol. The van der Waals surface area contributed by atoms with E-state index in [1.54, 1.807) is 31.5 Å². The van der Waals surface area contributed by atoms with Crippen LogP contribution in [0.15, 0.2) is 48.7 Å². The van der Waals surface area contributed by atoms with Crippen molar-refractivity contribution < 1.29 is 9.53 Å². The zero-order chi connectivity index (χ0) is 16.2. The van der Waals surface area contributed by atoms with E-state index in [-0.39, 0.29) is 11.6 Å². The number of anilines is 3.